The van der Waals surface area contributed by atoms with Gasteiger partial charge in [0.2, 0.25) is 5.91 Å². The minimum atomic E-state index is -1.12. The molecular formula is C13H17N3O5. The zero-order chi connectivity index (χ0) is 15.2. The lowest BCUT2D eigenvalue weighted by Gasteiger charge is -2.34. The lowest BCUT2D eigenvalue weighted by atomic mass is 10.1. The number of amides is 3. The summed E-state index contributed by atoms with van der Waals surface area (Å²) in [6, 6.07) is 2.14. The van der Waals surface area contributed by atoms with Crippen LogP contribution < -0.4 is 10.6 Å². The molecule has 1 aliphatic rings. The Bertz CT molecular complexity index is 514. The van der Waals surface area contributed by atoms with Crippen LogP contribution in [0.3, 0.4) is 0 Å². The van der Waals surface area contributed by atoms with E-state index in [1.165, 1.54) is 4.90 Å². The fourth-order valence-corrected chi connectivity index (χ4v) is 2.18. The normalized spacial score (nSPS) is 18.2. The van der Waals surface area contributed by atoms with Crippen LogP contribution >= 0.6 is 0 Å². The fourth-order valence-electron chi connectivity index (χ4n) is 2.18. The van der Waals surface area contributed by atoms with Crippen LogP contribution in [-0.2, 0) is 16.0 Å². The number of furan rings is 1. The van der Waals surface area contributed by atoms with Crippen LogP contribution in [0.25, 0.3) is 0 Å². The Labute approximate surface area is 121 Å². The van der Waals surface area contributed by atoms with Crippen molar-refractivity contribution >= 4 is 17.9 Å². The van der Waals surface area contributed by atoms with Crippen LogP contribution in [0.15, 0.2) is 22.8 Å². The summed E-state index contributed by atoms with van der Waals surface area (Å²) < 4.78 is 5.14. The molecular weight excluding hydrogens is 278 g/mol. The van der Waals surface area contributed by atoms with Crippen LogP contribution in [-0.4, -0.2) is 53.6 Å². The second-order valence-electron chi connectivity index (χ2n) is 4.66. The van der Waals surface area contributed by atoms with E-state index in [1.807, 2.05) is 0 Å². The Morgan fingerprint density at radius 3 is 3.00 bits per heavy atom. The molecule has 1 aromatic rings. The van der Waals surface area contributed by atoms with Gasteiger partial charge in [-0.15, -0.1) is 0 Å². The minimum absolute atomic E-state index is 0.288. The van der Waals surface area contributed by atoms with Crippen molar-refractivity contribution in [2.24, 2.45) is 0 Å². The smallest absolute Gasteiger partial charge is 0.318 e. The van der Waals surface area contributed by atoms with E-state index in [4.69, 9.17) is 9.52 Å². The monoisotopic (exact) mass is 295 g/mol. The van der Waals surface area contributed by atoms with E-state index in [9.17, 15) is 14.4 Å². The topological polar surface area (TPSA) is 112 Å². The van der Waals surface area contributed by atoms with Crippen LogP contribution in [0.5, 0.6) is 0 Å². The van der Waals surface area contributed by atoms with Gasteiger partial charge in [-0.2, -0.15) is 0 Å². The summed E-state index contributed by atoms with van der Waals surface area (Å²) in [5, 5.41) is 14.1. The summed E-state index contributed by atoms with van der Waals surface area (Å²) in [5.41, 5.74) is 0. The van der Waals surface area contributed by atoms with Crippen LogP contribution in [0.4, 0.5) is 4.79 Å². The Morgan fingerprint density at radius 1 is 1.52 bits per heavy atom. The van der Waals surface area contributed by atoms with Crippen molar-refractivity contribution in [1.29, 1.82) is 0 Å². The zero-order valence-corrected chi connectivity index (χ0v) is 11.4. The maximum absolute atomic E-state index is 12.1. The predicted molar refractivity (Wildman–Crippen MR) is 71.6 cm³/mol. The molecule has 0 radical (unpaired) electrons. The first-order valence-corrected chi connectivity index (χ1v) is 6.64. The van der Waals surface area contributed by atoms with Gasteiger partial charge in [-0.25, -0.2) is 4.79 Å². The Kier molecular flexibility index (Phi) is 4.81. The SMILES string of the molecule is O=C(O)CC1C(=O)NCCN1C(=O)NCCc1ccco1. The molecule has 0 aliphatic carbocycles. The number of urea groups is 1. The van der Waals surface area contributed by atoms with Crippen molar-refractivity contribution in [3.63, 3.8) is 0 Å². The molecule has 1 unspecified atom stereocenters. The molecule has 0 bridgehead atoms. The van der Waals surface area contributed by atoms with Crippen molar-refractivity contribution in [2.45, 2.75) is 18.9 Å². The molecule has 3 N–H and O–H groups in total. The van der Waals surface area contributed by atoms with E-state index in [0.717, 1.165) is 5.76 Å². The highest BCUT2D eigenvalue weighted by Gasteiger charge is 2.34. The highest BCUT2D eigenvalue weighted by Crippen LogP contribution is 2.09. The average molecular weight is 295 g/mol. The van der Waals surface area contributed by atoms with E-state index in [1.54, 1.807) is 18.4 Å². The van der Waals surface area contributed by atoms with E-state index in [0.29, 0.717) is 19.5 Å². The zero-order valence-electron chi connectivity index (χ0n) is 11.4. The molecule has 2 rings (SSSR count). The lowest BCUT2D eigenvalue weighted by molar-refractivity contribution is -0.142. The third kappa shape index (κ3) is 3.98. The molecule has 21 heavy (non-hydrogen) atoms. The summed E-state index contributed by atoms with van der Waals surface area (Å²) in [6.07, 6.45) is 1.68. The van der Waals surface area contributed by atoms with Crippen molar-refractivity contribution in [3.05, 3.63) is 24.2 Å². The molecule has 1 fully saturated rings. The maximum atomic E-state index is 12.1. The lowest BCUT2D eigenvalue weighted by Crippen LogP contribution is -2.60. The molecule has 0 saturated carbocycles. The van der Waals surface area contributed by atoms with Gasteiger partial charge in [0.1, 0.15) is 11.8 Å². The number of carboxylic acids is 1. The molecule has 8 heteroatoms. The molecule has 1 atom stereocenters. The summed E-state index contributed by atoms with van der Waals surface area (Å²) in [5.74, 6) is -0.816. The summed E-state index contributed by atoms with van der Waals surface area (Å²) >= 11 is 0. The third-order valence-electron chi connectivity index (χ3n) is 3.19. The third-order valence-corrected chi connectivity index (χ3v) is 3.19. The molecule has 114 valence electrons. The van der Waals surface area contributed by atoms with Gasteiger partial charge in [0.05, 0.1) is 12.7 Å². The van der Waals surface area contributed by atoms with Gasteiger partial charge in [-0.3, -0.25) is 9.59 Å². The predicted octanol–water partition coefficient (Wildman–Crippen LogP) is -0.193. The second kappa shape index (κ2) is 6.78. The molecule has 0 spiro atoms. The Balaban J connectivity index is 1.88. The standard InChI is InChI=1S/C13H17N3O5/c17-11(18)8-10-12(19)14-5-6-16(10)13(20)15-4-3-9-2-1-7-21-9/h1-2,7,10H,3-6,8H2,(H,14,19)(H,15,20)(H,17,18). The molecule has 1 saturated heterocycles. The number of aliphatic carboxylic acids is 1. The van der Waals surface area contributed by atoms with Gasteiger partial charge < -0.3 is 25.1 Å². The number of nitrogens with one attached hydrogen (secondary N) is 2. The summed E-state index contributed by atoms with van der Waals surface area (Å²) in [7, 11) is 0. The number of carbonyl (C=O) groups excluding carboxylic acids is 2. The average Bonchev–Trinajstić information content (AvgIpc) is 2.93. The number of piperazine rings is 1. The highest BCUT2D eigenvalue weighted by molar-refractivity contribution is 5.91. The first kappa shape index (κ1) is 14.9. The van der Waals surface area contributed by atoms with E-state index < -0.39 is 30.4 Å². The Morgan fingerprint density at radius 2 is 2.33 bits per heavy atom. The van der Waals surface area contributed by atoms with Crippen molar-refractivity contribution in [2.75, 3.05) is 19.6 Å². The molecule has 1 aliphatic heterocycles. The van der Waals surface area contributed by atoms with Gasteiger partial charge in [0.25, 0.3) is 0 Å². The number of carboxylic acid groups (broad SMARTS) is 1. The minimum Gasteiger partial charge on any atom is -0.481 e. The molecule has 1 aromatic heterocycles. The number of rotatable bonds is 5. The number of nitrogens with zero attached hydrogens (tertiary/aromatic N) is 1. The van der Waals surface area contributed by atoms with Gasteiger partial charge >= 0.3 is 12.0 Å². The first-order chi connectivity index (χ1) is 10.1. The summed E-state index contributed by atoms with van der Waals surface area (Å²) in [6.45, 7) is 0.959. The number of carbonyl (C=O) groups is 3. The van der Waals surface area contributed by atoms with Crippen molar-refractivity contribution in [1.82, 2.24) is 15.5 Å². The van der Waals surface area contributed by atoms with Gasteiger partial charge in [0.15, 0.2) is 0 Å². The highest BCUT2D eigenvalue weighted by atomic mass is 16.4. The van der Waals surface area contributed by atoms with Crippen LogP contribution in [0.2, 0.25) is 0 Å². The fraction of sp³-hybridized carbons (Fsp3) is 0.462. The number of hydrogen-bond acceptors (Lipinski definition) is 4. The molecule has 3 amide bonds. The number of hydrogen-bond donors (Lipinski definition) is 3. The Hall–Kier alpha value is -2.51. The molecule has 2 heterocycles. The molecule has 8 nitrogen and oxygen atoms in total. The first-order valence-electron chi connectivity index (χ1n) is 6.64. The second-order valence-corrected chi connectivity index (χ2v) is 4.66. The van der Waals surface area contributed by atoms with Crippen molar-refractivity contribution < 1.29 is 23.9 Å². The van der Waals surface area contributed by atoms with E-state index in [2.05, 4.69) is 10.6 Å². The van der Waals surface area contributed by atoms with Gasteiger partial charge in [0, 0.05) is 26.1 Å². The van der Waals surface area contributed by atoms with Gasteiger partial charge in [-0.05, 0) is 12.1 Å². The quantitative estimate of drug-likeness (QED) is 0.697. The molecule has 0 aromatic carbocycles. The van der Waals surface area contributed by atoms with Gasteiger partial charge in [-0.1, -0.05) is 0 Å². The maximum Gasteiger partial charge on any atom is 0.318 e. The van der Waals surface area contributed by atoms with E-state index in [-0.39, 0.29) is 6.54 Å². The van der Waals surface area contributed by atoms with Crippen LogP contribution in [0.1, 0.15) is 12.2 Å². The van der Waals surface area contributed by atoms with Crippen molar-refractivity contribution in [3.8, 4) is 0 Å². The van der Waals surface area contributed by atoms with E-state index >= 15 is 0 Å². The largest absolute Gasteiger partial charge is 0.481 e. The van der Waals surface area contributed by atoms with Crippen LogP contribution in [0, 0.1) is 0 Å². The summed E-state index contributed by atoms with van der Waals surface area (Å²) in [4.78, 5) is 35.8.